The number of hydrogen-bond donors (Lipinski definition) is 2. The summed E-state index contributed by atoms with van der Waals surface area (Å²) in [7, 11) is 0. The monoisotopic (exact) mass is 435 g/mol. The van der Waals surface area contributed by atoms with Gasteiger partial charge in [-0.3, -0.25) is 0 Å². The van der Waals surface area contributed by atoms with E-state index in [1.807, 2.05) is 30.5 Å². The van der Waals surface area contributed by atoms with Crippen molar-refractivity contribution in [2.75, 3.05) is 23.3 Å². The van der Waals surface area contributed by atoms with Crippen LogP contribution in [0.3, 0.4) is 0 Å². The molecule has 6 rings (SSSR count). The Hall–Kier alpha value is -3.53. The Morgan fingerprint density at radius 3 is 2.71 bits per heavy atom. The molecular formula is C20H18ClN9O. The predicted molar refractivity (Wildman–Crippen MR) is 112 cm³/mol. The second-order valence-electron chi connectivity index (χ2n) is 7.82. The summed E-state index contributed by atoms with van der Waals surface area (Å²) in [5, 5.41) is 23.1. The first-order valence-electron chi connectivity index (χ1n) is 9.99. The van der Waals surface area contributed by atoms with Gasteiger partial charge in [0.1, 0.15) is 0 Å². The fourth-order valence-electron chi connectivity index (χ4n) is 4.31. The zero-order chi connectivity index (χ0) is 20.8. The smallest absolute Gasteiger partial charge is 0.318 e. The van der Waals surface area contributed by atoms with Gasteiger partial charge in [0, 0.05) is 43.0 Å². The molecule has 4 aromatic rings. The van der Waals surface area contributed by atoms with E-state index < -0.39 is 0 Å². The normalized spacial score (nSPS) is 21.8. The molecule has 4 heterocycles. The Kier molecular flexibility index (Phi) is 4.30. The van der Waals surface area contributed by atoms with Crippen LogP contribution >= 0.6 is 11.6 Å². The average Bonchev–Trinajstić information content (AvgIpc) is 3.32. The Labute approximate surface area is 182 Å². The SMILES string of the molecule is Clc1cccc(CNc2ncc(-c3nnc(N4C[C@@H]5C(c6cn[nH]n6)[C@@H]5C4)o3)cn2)c1. The maximum atomic E-state index is 6.01. The highest BCUT2D eigenvalue weighted by Gasteiger charge is 2.58. The highest BCUT2D eigenvalue weighted by molar-refractivity contribution is 6.30. The molecule has 2 fully saturated rings. The summed E-state index contributed by atoms with van der Waals surface area (Å²) in [5.74, 6) is 2.53. The molecule has 10 nitrogen and oxygen atoms in total. The van der Waals surface area contributed by atoms with Crippen molar-refractivity contribution in [3.8, 4) is 11.5 Å². The fourth-order valence-corrected chi connectivity index (χ4v) is 4.52. The van der Waals surface area contributed by atoms with Crippen molar-refractivity contribution >= 4 is 23.6 Å². The third kappa shape index (κ3) is 3.48. The van der Waals surface area contributed by atoms with Crippen LogP contribution in [-0.4, -0.2) is 48.7 Å². The lowest BCUT2D eigenvalue weighted by atomic mass is 10.2. The Morgan fingerprint density at radius 2 is 1.97 bits per heavy atom. The highest BCUT2D eigenvalue weighted by Crippen LogP contribution is 2.58. The molecule has 1 aliphatic heterocycles. The van der Waals surface area contributed by atoms with Gasteiger partial charge in [0.15, 0.2) is 0 Å². The van der Waals surface area contributed by atoms with E-state index in [4.69, 9.17) is 16.0 Å². The molecule has 3 aromatic heterocycles. The number of hydrogen-bond acceptors (Lipinski definition) is 9. The number of aromatic nitrogens is 7. The molecule has 1 saturated heterocycles. The number of nitrogens with one attached hydrogen (secondary N) is 2. The average molecular weight is 436 g/mol. The van der Waals surface area contributed by atoms with Gasteiger partial charge < -0.3 is 14.6 Å². The number of piperidine rings is 1. The number of rotatable bonds is 6. The first-order valence-corrected chi connectivity index (χ1v) is 10.4. The van der Waals surface area contributed by atoms with E-state index in [2.05, 4.69) is 45.8 Å². The van der Waals surface area contributed by atoms with Crippen molar-refractivity contribution in [1.29, 1.82) is 0 Å². The molecule has 1 unspecified atom stereocenters. The van der Waals surface area contributed by atoms with Gasteiger partial charge in [-0.05, 0) is 29.5 Å². The zero-order valence-electron chi connectivity index (χ0n) is 16.3. The minimum atomic E-state index is 0.407. The van der Waals surface area contributed by atoms with Crippen molar-refractivity contribution in [1.82, 2.24) is 35.6 Å². The van der Waals surface area contributed by atoms with E-state index in [1.165, 1.54) is 0 Å². The molecule has 1 aromatic carbocycles. The Bertz CT molecular complexity index is 1180. The summed E-state index contributed by atoms with van der Waals surface area (Å²) >= 11 is 6.01. The number of nitrogens with zero attached hydrogens (tertiary/aromatic N) is 7. The summed E-state index contributed by atoms with van der Waals surface area (Å²) < 4.78 is 5.89. The molecule has 0 radical (unpaired) electrons. The maximum absolute atomic E-state index is 6.01. The van der Waals surface area contributed by atoms with E-state index in [0.29, 0.717) is 52.7 Å². The number of fused-ring (bicyclic) bond motifs is 1. The third-order valence-electron chi connectivity index (χ3n) is 5.89. The second-order valence-corrected chi connectivity index (χ2v) is 8.26. The van der Waals surface area contributed by atoms with Crippen molar-refractivity contribution in [3.63, 3.8) is 0 Å². The number of anilines is 2. The minimum absolute atomic E-state index is 0.407. The first-order chi connectivity index (χ1) is 15.2. The van der Waals surface area contributed by atoms with E-state index in [0.717, 1.165) is 24.3 Å². The fraction of sp³-hybridized carbons (Fsp3) is 0.300. The molecule has 11 heteroatoms. The number of halogens is 1. The molecule has 1 aliphatic carbocycles. The van der Waals surface area contributed by atoms with Crippen molar-refractivity contribution in [3.05, 3.63) is 59.1 Å². The van der Waals surface area contributed by atoms with Gasteiger partial charge in [-0.2, -0.15) is 15.4 Å². The van der Waals surface area contributed by atoms with Crippen molar-refractivity contribution in [2.45, 2.75) is 12.5 Å². The molecule has 156 valence electrons. The lowest BCUT2D eigenvalue weighted by Gasteiger charge is -2.15. The molecule has 2 N–H and O–H groups in total. The predicted octanol–water partition coefficient (Wildman–Crippen LogP) is 2.76. The highest BCUT2D eigenvalue weighted by atomic mass is 35.5. The van der Waals surface area contributed by atoms with E-state index in [9.17, 15) is 0 Å². The van der Waals surface area contributed by atoms with Crippen LogP contribution in [0, 0.1) is 11.8 Å². The summed E-state index contributed by atoms with van der Waals surface area (Å²) in [6.07, 6.45) is 5.16. The van der Waals surface area contributed by atoms with Crippen LogP contribution in [0.4, 0.5) is 12.0 Å². The Morgan fingerprint density at radius 1 is 1.13 bits per heavy atom. The van der Waals surface area contributed by atoms with Crippen molar-refractivity contribution in [2.24, 2.45) is 11.8 Å². The molecule has 0 spiro atoms. The first kappa shape index (κ1) is 18.3. The second kappa shape index (κ2) is 7.31. The molecule has 0 amide bonds. The van der Waals surface area contributed by atoms with Crippen LogP contribution in [0.5, 0.6) is 0 Å². The van der Waals surface area contributed by atoms with Crippen LogP contribution in [-0.2, 0) is 6.54 Å². The Balaban J connectivity index is 1.08. The van der Waals surface area contributed by atoms with Crippen LogP contribution < -0.4 is 10.2 Å². The van der Waals surface area contributed by atoms with Gasteiger partial charge in [-0.15, -0.1) is 5.10 Å². The number of H-pyrrole nitrogens is 1. The maximum Gasteiger partial charge on any atom is 0.318 e. The van der Waals surface area contributed by atoms with Gasteiger partial charge in [-0.1, -0.05) is 28.8 Å². The molecule has 3 atom stereocenters. The van der Waals surface area contributed by atoms with E-state index in [1.54, 1.807) is 12.4 Å². The summed E-state index contributed by atoms with van der Waals surface area (Å²) in [6.45, 7) is 2.34. The van der Waals surface area contributed by atoms with Crippen LogP contribution in [0.15, 0.2) is 47.3 Å². The molecule has 0 bridgehead atoms. The summed E-state index contributed by atoms with van der Waals surface area (Å²) in [5.41, 5.74) is 2.77. The quantitative estimate of drug-likeness (QED) is 0.470. The van der Waals surface area contributed by atoms with Crippen LogP contribution in [0.2, 0.25) is 5.02 Å². The summed E-state index contributed by atoms with van der Waals surface area (Å²) in [6, 6.07) is 8.18. The summed E-state index contributed by atoms with van der Waals surface area (Å²) in [4.78, 5) is 10.8. The van der Waals surface area contributed by atoms with E-state index in [-0.39, 0.29) is 0 Å². The number of benzene rings is 1. The lowest BCUT2D eigenvalue weighted by molar-refractivity contribution is 0.543. The lowest BCUT2D eigenvalue weighted by Crippen LogP contribution is -2.23. The number of aromatic amines is 1. The minimum Gasteiger partial charge on any atom is -0.403 e. The van der Waals surface area contributed by atoms with Gasteiger partial charge in [0.25, 0.3) is 5.89 Å². The van der Waals surface area contributed by atoms with Crippen molar-refractivity contribution < 1.29 is 4.42 Å². The molecule has 1 saturated carbocycles. The third-order valence-corrected chi connectivity index (χ3v) is 6.13. The topological polar surface area (TPSA) is 122 Å². The van der Waals surface area contributed by atoms with Crippen LogP contribution in [0.1, 0.15) is 17.2 Å². The standard InChI is InChI=1S/C20H18ClN9O/c21-13-3-1-2-11(4-13)5-22-19-23-6-12(7-24-19)18-27-28-20(31-18)30-9-14-15(10-30)17(14)16-8-25-29-26-16/h1-4,6-8,14-15,17H,5,9-10H2,(H,22,23,24)(H,25,26,29)/t14-,15+,17?. The molecule has 2 aliphatic rings. The van der Waals surface area contributed by atoms with E-state index >= 15 is 0 Å². The molecule has 31 heavy (non-hydrogen) atoms. The zero-order valence-corrected chi connectivity index (χ0v) is 17.1. The van der Waals surface area contributed by atoms with Crippen LogP contribution in [0.25, 0.3) is 11.5 Å². The largest absolute Gasteiger partial charge is 0.403 e. The van der Waals surface area contributed by atoms with Gasteiger partial charge >= 0.3 is 6.01 Å². The molecular weight excluding hydrogens is 418 g/mol. The van der Waals surface area contributed by atoms with Gasteiger partial charge in [-0.25, -0.2) is 9.97 Å². The van der Waals surface area contributed by atoms with Gasteiger partial charge in [0.2, 0.25) is 5.95 Å². The van der Waals surface area contributed by atoms with Gasteiger partial charge in [0.05, 0.1) is 17.5 Å².